The van der Waals surface area contributed by atoms with Gasteiger partial charge in [0.1, 0.15) is 16.9 Å². The quantitative estimate of drug-likeness (QED) is 0.366. The van der Waals surface area contributed by atoms with Gasteiger partial charge in [-0.25, -0.2) is 9.78 Å². The van der Waals surface area contributed by atoms with Crippen molar-refractivity contribution in [3.05, 3.63) is 55.0 Å². The lowest BCUT2D eigenvalue weighted by atomic mass is 9.84. The van der Waals surface area contributed by atoms with Gasteiger partial charge in [0, 0.05) is 37.6 Å². The third kappa shape index (κ3) is 5.82. The highest BCUT2D eigenvalue weighted by Gasteiger charge is 2.44. The fourth-order valence-electron chi connectivity index (χ4n) is 6.04. The normalized spacial score (nSPS) is 20.4. The lowest BCUT2D eigenvalue weighted by Crippen LogP contribution is -2.53. The van der Waals surface area contributed by atoms with Crippen LogP contribution in [0.1, 0.15) is 58.6 Å². The van der Waals surface area contributed by atoms with Crippen molar-refractivity contribution < 1.29 is 19.0 Å². The Morgan fingerprint density at radius 3 is 2.60 bits per heavy atom. The number of imidazole rings is 1. The van der Waals surface area contributed by atoms with Crippen molar-refractivity contribution in [3.63, 3.8) is 0 Å². The van der Waals surface area contributed by atoms with Crippen LogP contribution in [0.2, 0.25) is 0 Å². The predicted molar refractivity (Wildman–Crippen MR) is 160 cm³/mol. The van der Waals surface area contributed by atoms with Crippen LogP contribution >= 0.6 is 0 Å². The maximum atomic E-state index is 13.3. The minimum Gasteiger partial charge on any atom is -0.495 e. The molecule has 0 radical (unpaired) electrons. The van der Waals surface area contributed by atoms with E-state index in [0.717, 1.165) is 55.1 Å². The fraction of sp³-hybridized carbons (Fsp3) is 0.562. The molecule has 42 heavy (non-hydrogen) atoms. The van der Waals surface area contributed by atoms with E-state index < -0.39 is 11.1 Å². The van der Waals surface area contributed by atoms with Crippen LogP contribution in [0.3, 0.4) is 0 Å². The summed E-state index contributed by atoms with van der Waals surface area (Å²) in [5.41, 5.74) is 2.81. The number of ether oxygens (including phenoxy) is 3. The van der Waals surface area contributed by atoms with E-state index in [-0.39, 0.29) is 12.1 Å². The highest BCUT2D eigenvalue weighted by Crippen LogP contribution is 2.36. The monoisotopic (exact) mass is 574 g/mol. The topological polar surface area (TPSA) is 94.8 Å². The average molecular weight is 575 g/mol. The summed E-state index contributed by atoms with van der Waals surface area (Å²) < 4.78 is 19.0. The molecule has 3 aliphatic rings. The van der Waals surface area contributed by atoms with Crippen molar-refractivity contribution in [1.82, 2.24) is 24.4 Å². The fourth-order valence-corrected chi connectivity index (χ4v) is 6.04. The van der Waals surface area contributed by atoms with Crippen molar-refractivity contribution in [2.75, 3.05) is 44.9 Å². The molecule has 10 nitrogen and oxygen atoms in total. The summed E-state index contributed by atoms with van der Waals surface area (Å²) in [6.45, 7) is 9.38. The standard InChI is InChI=1S/C32H42N6O4/c1-31(2,3)42-30(39)38(17-23-7-5-8-23)26-9-6-12-36(18-26)25-10-11-29(34-15-25)32(20-41-21-32)37-19-28(35-22-37)24-13-27(40-4)16-33-14-24/h10-11,13-16,19,22-23,26H,5-9,12,17-18,20-21H2,1-4H3/t26-/m1/s1. The highest BCUT2D eigenvalue weighted by molar-refractivity contribution is 5.69. The first kappa shape index (κ1) is 28.5. The Labute approximate surface area is 248 Å². The zero-order valence-corrected chi connectivity index (χ0v) is 25.2. The molecule has 3 fully saturated rings. The van der Waals surface area contributed by atoms with Gasteiger partial charge in [-0.05, 0) is 70.6 Å². The second-order valence-electron chi connectivity index (χ2n) is 12.9. The first-order chi connectivity index (χ1) is 20.2. The molecule has 1 atom stereocenters. The van der Waals surface area contributed by atoms with Gasteiger partial charge in [0.15, 0.2) is 0 Å². The molecule has 2 aliphatic heterocycles. The van der Waals surface area contributed by atoms with Crippen molar-refractivity contribution in [3.8, 4) is 17.0 Å². The number of aromatic nitrogens is 4. The van der Waals surface area contributed by atoms with E-state index in [0.29, 0.717) is 24.9 Å². The number of pyridine rings is 2. The SMILES string of the molecule is COc1cncc(-c2cn(C3(c4ccc(N5CCC[C@@H](N(CC6CCC6)C(=O)OC(C)(C)C)C5)cn4)COC3)cn2)c1. The first-order valence-electron chi connectivity index (χ1n) is 15.1. The minimum atomic E-state index is -0.509. The van der Waals surface area contributed by atoms with E-state index in [1.807, 2.05) is 50.5 Å². The zero-order valence-electron chi connectivity index (χ0n) is 25.2. The van der Waals surface area contributed by atoms with E-state index >= 15 is 0 Å². The van der Waals surface area contributed by atoms with Gasteiger partial charge >= 0.3 is 6.09 Å². The van der Waals surface area contributed by atoms with Gasteiger partial charge in [-0.2, -0.15) is 0 Å². The third-order valence-electron chi connectivity index (χ3n) is 8.74. The summed E-state index contributed by atoms with van der Waals surface area (Å²) in [4.78, 5) is 31.5. The summed E-state index contributed by atoms with van der Waals surface area (Å²) in [5, 5.41) is 0. The molecule has 0 bridgehead atoms. The van der Waals surface area contributed by atoms with Crippen LogP contribution in [0.4, 0.5) is 10.5 Å². The van der Waals surface area contributed by atoms with Crippen molar-refractivity contribution in [1.29, 1.82) is 0 Å². The summed E-state index contributed by atoms with van der Waals surface area (Å²) in [6, 6.07) is 6.31. The molecule has 1 amide bonds. The number of hydrogen-bond acceptors (Lipinski definition) is 8. The maximum Gasteiger partial charge on any atom is 0.410 e. The van der Waals surface area contributed by atoms with Crippen LogP contribution in [0, 0.1) is 5.92 Å². The highest BCUT2D eigenvalue weighted by atomic mass is 16.6. The predicted octanol–water partition coefficient (Wildman–Crippen LogP) is 5.13. The van der Waals surface area contributed by atoms with Crippen LogP contribution in [0.25, 0.3) is 11.3 Å². The van der Waals surface area contributed by atoms with Crippen LogP contribution in [-0.2, 0) is 15.0 Å². The molecule has 3 aromatic rings. The van der Waals surface area contributed by atoms with Gasteiger partial charge in [0.2, 0.25) is 0 Å². The second kappa shape index (κ2) is 11.6. The Balaban J connectivity index is 1.18. The zero-order chi connectivity index (χ0) is 29.3. The number of anilines is 1. The number of rotatable bonds is 8. The molecule has 0 unspecified atom stereocenters. The van der Waals surface area contributed by atoms with Gasteiger partial charge in [-0.3, -0.25) is 9.97 Å². The molecule has 3 aromatic heterocycles. The Bertz CT molecular complexity index is 1380. The van der Waals surface area contributed by atoms with E-state index in [2.05, 4.69) is 31.6 Å². The number of methoxy groups -OCH3 is 1. The van der Waals surface area contributed by atoms with Crippen molar-refractivity contribution in [2.45, 2.75) is 70.1 Å². The molecule has 1 saturated carbocycles. The Hall–Kier alpha value is -3.66. The largest absolute Gasteiger partial charge is 0.495 e. The molecular formula is C32H42N6O4. The number of carbonyl (C=O) groups excluding carboxylic acids is 1. The van der Waals surface area contributed by atoms with Crippen LogP contribution in [-0.4, -0.2) is 82.1 Å². The smallest absolute Gasteiger partial charge is 0.410 e. The molecule has 0 N–H and O–H groups in total. The molecule has 10 heteroatoms. The van der Waals surface area contributed by atoms with Gasteiger partial charge in [0.05, 0.1) is 62.2 Å². The van der Waals surface area contributed by atoms with Crippen LogP contribution in [0.15, 0.2) is 49.3 Å². The third-order valence-corrected chi connectivity index (χ3v) is 8.74. The van der Waals surface area contributed by atoms with Crippen molar-refractivity contribution in [2.24, 2.45) is 5.92 Å². The van der Waals surface area contributed by atoms with Gasteiger partial charge in [-0.15, -0.1) is 0 Å². The molecule has 2 saturated heterocycles. The van der Waals surface area contributed by atoms with E-state index in [9.17, 15) is 4.79 Å². The van der Waals surface area contributed by atoms with Crippen molar-refractivity contribution >= 4 is 11.8 Å². The van der Waals surface area contributed by atoms with Crippen LogP contribution < -0.4 is 9.64 Å². The van der Waals surface area contributed by atoms with Gasteiger partial charge < -0.3 is 28.6 Å². The molecule has 0 aromatic carbocycles. The summed E-state index contributed by atoms with van der Waals surface area (Å²) in [5.74, 6) is 1.27. The lowest BCUT2D eigenvalue weighted by molar-refractivity contribution is -0.0784. The molecule has 224 valence electrons. The summed E-state index contributed by atoms with van der Waals surface area (Å²) >= 11 is 0. The second-order valence-corrected chi connectivity index (χ2v) is 12.9. The molecule has 1 aliphatic carbocycles. The molecule has 5 heterocycles. The van der Waals surface area contributed by atoms with E-state index in [1.165, 1.54) is 19.3 Å². The van der Waals surface area contributed by atoms with E-state index in [4.69, 9.17) is 19.2 Å². The van der Waals surface area contributed by atoms with Crippen LogP contribution in [0.5, 0.6) is 5.75 Å². The Morgan fingerprint density at radius 1 is 1.12 bits per heavy atom. The average Bonchev–Trinajstić information content (AvgIpc) is 3.42. The lowest BCUT2D eigenvalue weighted by Gasteiger charge is -2.43. The molecular weight excluding hydrogens is 532 g/mol. The Morgan fingerprint density at radius 2 is 1.95 bits per heavy atom. The summed E-state index contributed by atoms with van der Waals surface area (Å²) in [7, 11) is 1.63. The number of nitrogens with zero attached hydrogens (tertiary/aromatic N) is 6. The Kier molecular flexibility index (Phi) is 7.83. The number of piperidine rings is 1. The number of amides is 1. The number of hydrogen-bond donors (Lipinski definition) is 0. The molecule has 6 rings (SSSR count). The number of carbonyl (C=O) groups is 1. The van der Waals surface area contributed by atoms with Gasteiger partial charge in [0.25, 0.3) is 0 Å². The first-order valence-corrected chi connectivity index (χ1v) is 15.1. The minimum absolute atomic E-state index is 0.121. The van der Waals surface area contributed by atoms with E-state index in [1.54, 1.807) is 19.5 Å². The maximum absolute atomic E-state index is 13.3. The summed E-state index contributed by atoms with van der Waals surface area (Å²) in [6.07, 6.45) is 14.8. The van der Waals surface area contributed by atoms with Gasteiger partial charge in [-0.1, -0.05) is 6.42 Å². The molecule has 0 spiro atoms.